The highest BCUT2D eigenvalue weighted by Crippen LogP contribution is 2.11. The SMILES string of the molecule is N#Cc1ccc(OCC(=O)NC2CC[NH+](Cc3ccc(Cl)cc3)CC2)cc1. The van der Waals surface area contributed by atoms with Crippen molar-refractivity contribution in [2.24, 2.45) is 0 Å². The fourth-order valence-electron chi connectivity index (χ4n) is 3.28. The first kappa shape index (κ1) is 19.2. The number of rotatable bonds is 6. The molecule has 1 aliphatic heterocycles. The Morgan fingerprint density at radius 2 is 1.81 bits per heavy atom. The van der Waals surface area contributed by atoms with Gasteiger partial charge in [-0.3, -0.25) is 4.79 Å². The smallest absolute Gasteiger partial charge is 0.258 e. The Kier molecular flexibility index (Phi) is 6.69. The lowest BCUT2D eigenvalue weighted by Crippen LogP contribution is -3.12. The molecule has 0 aliphatic carbocycles. The van der Waals surface area contributed by atoms with E-state index in [1.807, 2.05) is 12.1 Å². The van der Waals surface area contributed by atoms with Crippen molar-refractivity contribution in [3.05, 3.63) is 64.7 Å². The Labute approximate surface area is 164 Å². The minimum absolute atomic E-state index is 0.0102. The van der Waals surface area contributed by atoms with Gasteiger partial charge in [-0.05, 0) is 36.4 Å². The van der Waals surface area contributed by atoms with Gasteiger partial charge in [-0.25, -0.2) is 0 Å². The predicted molar refractivity (Wildman–Crippen MR) is 104 cm³/mol. The van der Waals surface area contributed by atoms with Crippen molar-refractivity contribution in [3.8, 4) is 11.8 Å². The van der Waals surface area contributed by atoms with Gasteiger partial charge in [0.1, 0.15) is 12.3 Å². The summed E-state index contributed by atoms with van der Waals surface area (Å²) in [4.78, 5) is 13.6. The Hall–Kier alpha value is -2.55. The van der Waals surface area contributed by atoms with Gasteiger partial charge in [-0.15, -0.1) is 0 Å². The van der Waals surface area contributed by atoms with Crippen molar-refractivity contribution in [1.82, 2.24) is 5.32 Å². The normalized spacial score (nSPS) is 19.1. The van der Waals surface area contributed by atoms with Crippen LogP contribution in [0.2, 0.25) is 5.02 Å². The van der Waals surface area contributed by atoms with E-state index in [2.05, 4.69) is 23.5 Å². The minimum Gasteiger partial charge on any atom is -0.484 e. The summed E-state index contributed by atoms with van der Waals surface area (Å²) in [7, 11) is 0. The molecule has 3 rings (SSSR count). The van der Waals surface area contributed by atoms with Gasteiger partial charge in [0.15, 0.2) is 6.61 Å². The van der Waals surface area contributed by atoms with Crippen LogP contribution in [0.3, 0.4) is 0 Å². The maximum Gasteiger partial charge on any atom is 0.258 e. The third-order valence-corrected chi connectivity index (χ3v) is 5.03. The van der Waals surface area contributed by atoms with Crippen molar-refractivity contribution in [2.45, 2.75) is 25.4 Å². The highest BCUT2D eigenvalue weighted by atomic mass is 35.5. The second-order valence-electron chi connectivity index (χ2n) is 6.82. The number of nitrogens with one attached hydrogen (secondary N) is 2. The number of carbonyl (C=O) groups excluding carboxylic acids is 1. The quantitative estimate of drug-likeness (QED) is 0.800. The number of piperidine rings is 1. The van der Waals surface area contributed by atoms with E-state index in [4.69, 9.17) is 21.6 Å². The van der Waals surface area contributed by atoms with Crippen LogP contribution in [-0.2, 0) is 11.3 Å². The predicted octanol–water partition coefficient (Wildman–Crippen LogP) is 1.95. The molecule has 1 heterocycles. The third-order valence-electron chi connectivity index (χ3n) is 4.78. The zero-order valence-corrected chi connectivity index (χ0v) is 15.8. The summed E-state index contributed by atoms with van der Waals surface area (Å²) < 4.78 is 5.48. The first-order chi connectivity index (χ1) is 13.1. The summed E-state index contributed by atoms with van der Waals surface area (Å²) in [6.07, 6.45) is 1.93. The number of likely N-dealkylation sites (tertiary alicyclic amines) is 1. The second-order valence-corrected chi connectivity index (χ2v) is 7.26. The monoisotopic (exact) mass is 384 g/mol. The number of hydrogen-bond donors (Lipinski definition) is 2. The van der Waals surface area contributed by atoms with Crippen LogP contribution in [0.5, 0.6) is 5.75 Å². The first-order valence-corrected chi connectivity index (χ1v) is 9.50. The van der Waals surface area contributed by atoms with E-state index >= 15 is 0 Å². The van der Waals surface area contributed by atoms with E-state index in [0.29, 0.717) is 11.3 Å². The maximum absolute atomic E-state index is 12.1. The fourth-order valence-corrected chi connectivity index (χ4v) is 3.41. The lowest BCUT2D eigenvalue weighted by molar-refractivity contribution is -0.918. The zero-order chi connectivity index (χ0) is 19.1. The van der Waals surface area contributed by atoms with Crippen molar-refractivity contribution in [2.75, 3.05) is 19.7 Å². The van der Waals surface area contributed by atoms with Crippen LogP contribution in [0.1, 0.15) is 24.0 Å². The Bertz CT molecular complexity index is 792. The number of halogens is 1. The molecule has 2 N–H and O–H groups in total. The van der Waals surface area contributed by atoms with Crippen molar-refractivity contribution in [3.63, 3.8) is 0 Å². The average Bonchev–Trinajstić information content (AvgIpc) is 2.70. The van der Waals surface area contributed by atoms with Gasteiger partial charge in [0, 0.05) is 29.5 Å². The van der Waals surface area contributed by atoms with E-state index < -0.39 is 0 Å². The molecule has 1 amide bonds. The molecule has 0 spiro atoms. The van der Waals surface area contributed by atoms with Crippen LogP contribution in [0.4, 0.5) is 0 Å². The summed E-state index contributed by atoms with van der Waals surface area (Å²) in [6.45, 7) is 3.04. The van der Waals surface area contributed by atoms with Crippen molar-refractivity contribution >= 4 is 17.5 Å². The zero-order valence-electron chi connectivity index (χ0n) is 15.1. The summed E-state index contributed by atoms with van der Waals surface area (Å²) in [5.41, 5.74) is 1.85. The van der Waals surface area contributed by atoms with Crippen molar-refractivity contribution in [1.29, 1.82) is 5.26 Å². The van der Waals surface area contributed by atoms with Crippen LogP contribution < -0.4 is 15.0 Å². The van der Waals surface area contributed by atoms with E-state index in [1.54, 1.807) is 24.3 Å². The maximum atomic E-state index is 12.1. The summed E-state index contributed by atoms with van der Waals surface area (Å²) in [5.74, 6) is 0.483. The van der Waals surface area contributed by atoms with Crippen LogP contribution in [0.15, 0.2) is 48.5 Å². The van der Waals surface area contributed by atoms with Crippen LogP contribution >= 0.6 is 11.6 Å². The van der Waals surface area contributed by atoms with Gasteiger partial charge in [-0.2, -0.15) is 5.26 Å². The second kappa shape index (κ2) is 9.40. The number of hydrogen-bond acceptors (Lipinski definition) is 3. The van der Waals surface area contributed by atoms with Gasteiger partial charge >= 0.3 is 0 Å². The number of quaternary nitrogens is 1. The molecular weight excluding hydrogens is 362 g/mol. The van der Waals surface area contributed by atoms with Gasteiger partial charge in [0.25, 0.3) is 5.91 Å². The summed E-state index contributed by atoms with van der Waals surface area (Å²) >= 11 is 5.93. The molecule has 0 aromatic heterocycles. The van der Waals surface area contributed by atoms with Crippen LogP contribution in [0.25, 0.3) is 0 Å². The van der Waals surface area contributed by atoms with Crippen LogP contribution in [0, 0.1) is 11.3 Å². The fraction of sp³-hybridized carbons (Fsp3) is 0.333. The Morgan fingerprint density at radius 1 is 1.15 bits per heavy atom. The molecule has 1 aliphatic rings. The van der Waals surface area contributed by atoms with Gasteiger partial charge in [0.2, 0.25) is 0 Å². The number of nitriles is 1. The molecule has 2 aromatic rings. The third kappa shape index (κ3) is 5.99. The topological polar surface area (TPSA) is 66.6 Å². The van der Waals surface area contributed by atoms with Crippen molar-refractivity contribution < 1.29 is 14.4 Å². The van der Waals surface area contributed by atoms with E-state index in [1.165, 1.54) is 10.5 Å². The number of nitrogens with zero attached hydrogens (tertiary/aromatic N) is 1. The standard InChI is InChI=1S/C21H22ClN3O2/c22-18-5-1-17(2-6-18)14-25-11-9-19(10-12-25)24-21(26)15-27-20-7-3-16(13-23)4-8-20/h1-8,19H,9-12,14-15H2,(H,24,26)/p+1. The molecule has 0 saturated carbocycles. The first-order valence-electron chi connectivity index (χ1n) is 9.13. The number of ether oxygens (including phenoxy) is 1. The average molecular weight is 385 g/mol. The molecule has 0 radical (unpaired) electrons. The molecule has 1 saturated heterocycles. The Balaban J connectivity index is 1.37. The van der Waals surface area contributed by atoms with Gasteiger partial charge in [0.05, 0.1) is 24.7 Å². The summed E-state index contributed by atoms with van der Waals surface area (Å²) in [5, 5.41) is 12.6. The molecule has 2 aromatic carbocycles. The van der Waals surface area contributed by atoms with Crippen LogP contribution in [-0.4, -0.2) is 31.6 Å². The molecule has 1 fully saturated rings. The van der Waals surface area contributed by atoms with Gasteiger partial charge < -0.3 is 15.0 Å². The lowest BCUT2D eigenvalue weighted by Gasteiger charge is -2.29. The molecular formula is C21H23ClN3O2+. The van der Waals surface area contributed by atoms with E-state index in [-0.39, 0.29) is 18.6 Å². The highest BCUT2D eigenvalue weighted by molar-refractivity contribution is 6.30. The Morgan fingerprint density at radius 3 is 2.44 bits per heavy atom. The molecule has 0 bridgehead atoms. The molecule has 6 heteroatoms. The molecule has 140 valence electrons. The number of benzene rings is 2. The lowest BCUT2D eigenvalue weighted by atomic mass is 10.0. The molecule has 5 nitrogen and oxygen atoms in total. The molecule has 27 heavy (non-hydrogen) atoms. The largest absolute Gasteiger partial charge is 0.484 e. The summed E-state index contributed by atoms with van der Waals surface area (Å²) in [6, 6.07) is 17.0. The molecule has 0 unspecified atom stereocenters. The molecule has 0 atom stereocenters. The number of carbonyl (C=O) groups is 1. The highest BCUT2D eigenvalue weighted by Gasteiger charge is 2.23. The minimum atomic E-state index is -0.106. The van der Waals surface area contributed by atoms with E-state index in [0.717, 1.165) is 37.5 Å². The number of amides is 1. The van der Waals surface area contributed by atoms with E-state index in [9.17, 15) is 4.79 Å². The van der Waals surface area contributed by atoms with Gasteiger partial charge in [-0.1, -0.05) is 23.7 Å².